The van der Waals surface area contributed by atoms with Crippen LogP contribution in [0.15, 0.2) is 5.16 Å². The smallest absolute Gasteiger partial charge is 0.230 e. The number of nitrogens with zero attached hydrogens (tertiary/aromatic N) is 2. The monoisotopic (exact) mass is 215 g/mol. The molecular weight excluding hydrogens is 194 g/mol. The zero-order valence-corrected chi connectivity index (χ0v) is 9.90. The summed E-state index contributed by atoms with van der Waals surface area (Å²) in [7, 11) is 0. The van der Waals surface area contributed by atoms with Crippen molar-refractivity contribution in [3.05, 3.63) is 0 Å². The van der Waals surface area contributed by atoms with E-state index < -0.39 is 0 Å². The van der Waals surface area contributed by atoms with E-state index in [4.69, 9.17) is 10.9 Å². The highest BCUT2D eigenvalue weighted by atomic mass is 16.4. The topological polar surface area (TPSA) is 78.9 Å². The Morgan fingerprint density at radius 3 is 2.27 bits per heavy atom. The predicted octanol–water partition coefficient (Wildman–Crippen LogP) is 1.02. The lowest BCUT2D eigenvalue weighted by atomic mass is 10.1. The average Bonchev–Trinajstić information content (AvgIpc) is 2.12. The normalized spacial score (nSPS) is 12.3. The molecule has 0 unspecified atom stereocenters. The fourth-order valence-corrected chi connectivity index (χ4v) is 1.29. The highest BCUT2D eigenvalue weighted by molar-refractivity contribution is 5.98. The Morgan fingerprint density at radius 1 is 1.40 bits per heavy atom. The van der Waals surface area contributed by atoms with Crippen LogP contribution in [0.1, 0.15) is 34.1 Å². The largest absolute Gasteiger partial charge is 0.409 e. The van der Waals surface area contributed by atoms with Crippen LogP contribution in [0, 0.1) is 5.92 Å². The number of amidine groups is 1. The van der Waals surface area contributed by atoms with Gasteiger partial charge in [0.2, 0.25) is 5.91 Å². The van der Waals surface area contributed by atoms with Crippen LogP contribution in [-0.2, 0) is 4.79 Å². The van der Waals surface area contributed by atoms with E-state index in [2.05, 4.69) is 5.16 Å². The molecule has 0 aliphatic heterocycles. The molecular formula is C10H21N3O2. The number of carbonyl (C=O) groups is 1. The molecule has 0 aliphatic carbocycles. The van der Waals surface area contributed by atoms with E-state index in [1.165, 1.54) is 0 Å². The quantitative estimate of drug-likeness (QED) is 0.311. The average molecular weight is 215 g/mol. The van der Waals surface area contributed by atoms with Crippen LogP contribution in [0.4, 0.5) is 0 Å². The Morgan fingerprint density at radius 2 is 1.93 bits per heavy atom. The van der Waals surface area contributed by atoms with Gasteiger partial charge in [-0.25, -0.2) is 0 Å². The zero-order chi connectivity index (χ0) is 12.0. The first kappa shape index (κ1) is 13.7. The molecule has 0 radical (unpaired) electrons. The van der Waals surface area contributed by atoms with Crippen molar-refractivity contribution in [1.82, 2.24) is 4.90 Å². The Balaban J connectivity index is 4.43. The SMILES string of the molecule is CC(C)CN(C(=O)CC(N)=NO)C(C)C. The fourth-order valence-electron chi connectivity index (χ4n) is 1.29. The van der Waals surface area contributed by atoms with Crippen LogP contribution in [0.3, 0.4) is 0 Å². The Labute approximate surface area is 90.9 Å². The van der Waals surface area contributed by atoms with Crippen LogP contribution in [0.2, 0.25) is 0 Å². The maximum Gasteiger partial charge on any atom is 0.230 e. The predicted molar refractivity (Wildman–Crippen MR) is 59.7 cm³/mol. The molecule has 0 aromatic heterocycles. The molecule has 0 atom stereocenters. The maximum absolute atomic E-state index is 11.7. The minimum Gasteiger partial charge on any atom is -0.409 e. The van der Waals surface area contributed by atoms with Crippen molar-refractivity contribution < 1.29 is 10.0 Å². The van der Waals surface area contributed by atoms with Gasteiger partial charge in [-0.15, -0.1) is 0 Å². The van der Waals surface area contributed by atoms with Crippen molar-refractivity contribution in [2.24, 2.45) is 16.8 Å². The number of oxime groups is 1. The van der Waals surface area contributed by atoms with Crippen LogP contribution < -0.4 is 5.73 Å². The summed E-state index contributed by atoms with van der Waals surface area (Å²) in [6.07, 6.45) is -0.0264. The molecule has 5 heteroatoms. The van der Waals surface area contributed by atoms with Crippen molar-refractivity contribution in [3.63, 3.8) is 0 Å². The third-order valence-corrected chi connectivity index (χ3v) is 1.97. The lowest BCUT2D eigenvalue weighted by Gasteiger charge is -2.28. The third kappa shape index (κ3) is 5.24. The van der Waals surface area contributed by atoms with E-state index in [1.807, 2.05) is 27.7 Å². The fraction of sp³-hybridized carbons (Fsp3) is 0.800. The molecule has 1 amide bonds. The summed E-state index contributed by atoms with van der Waals surface area (Å²) in [5.41, 5.74) is 5.30. The number of nitrogens with two attached hydrogens (primary N) is 1. The maximum atomic E-state index is 11.7. The van der Waals surface area contributed by atoms with Gasteiger partial charge in [-0.05, 0) is 19.8 Å². The van der Waals surface area contributed by atoms with Gasteiger partial charge in [0, 0.05) is 12.6 Å². The number of hydrogen-bond acceptors (Lipinski definition) is 3. The molecule has 0 saturated heterocycles. The van der Waals surface area contributed by atoms with Gasteiger partial charge < -0.3 is 15.8 Å². The van der Waals surface area contributed by atoms with Gasteiger partial charge in [-0.2, -0.15) is 0 Å². The van der Waals surface area contributed by atoms with E-state index in [1.54, 1.807) is 4.90 Å². The zero-order valence-electron chi connectivity index (χ0n) is 9.90. The number of carbonyl (C=O) groups excluding carboxylic acids is 1. The summed E-state index contributed by atoms with van der Waals surface area (Å²) in [6, 6.07) is 0.131. The van der Waals surface area contributed by atoms with Crippen LogP contribution >= 0.6 is 0 Å². The number of rotatable bonds is 5. The first-order valence-electron chi connectivity index (χ1n) is 5.14. The molecule has 5 nitrogen and oxygen atoms in total. The summed E-state index contributed by atoms with van der Waals surface area (Å²) in [6.45, 7) is 8.69. The van der Waals surface area contributed by atoms with Gasteiger partial charge in [0.25, 0.3) is 0 Å². The first-order valence-corrected chi connectivity index (χ1v) is 5.14. The molecule has 0 bridgehead atoms. The van der Waals surface area contributed by atoms with Crippen molar-refractivity contribution in [2.45, 2.75) is 40.2 Å². The molecule has 0 spiro atoms. The van der Waals surface area contributed by atoms with E-state index in [9.17, 15) is 4.79 Å². The molecule has 0 saturated carbocycles. The van der Waals surface area contributed by atoms with Crippen LogP contribution in [-0.4, -0.2) is 34.4 Å². The molecule has 3 N–H and O–H groups in total. The first-order chi connectivity index (χ1) is 6.88. The van der Waals surface area contributed by atoms with Crippen molar-refractivity contribution in [3.8, 4) is 0 Å². The third-order valence-electron chi connectivity index (χ3n) is 1.97. The Hall–Kier alpha value is -1.26. The Kier molecular flexibility index (Phi) is 5.74. The van der Waals surface area contributed by atoms with E-state index in [-0.39, 0.29) is 24.2 Å². The minimum absolute atomic E-state index is 0.0264. The molecule has 0 aromatic rings. The number of hydrogen-bond donors (Lipinski definition) is 2. The van der Waals surface area contributed by atoms with Gasteiger partial charge in [-0.3, -0.25) is 4.79 Å². The van der Waals surface area contributed by atoms with Gasteiger partial charge in [0.15, 0.2) is 0 Å². The Bertz CT molecular complexity index is 237. The van der Waals surface area contributed by atoms with E-state index in [0.717, 1.165) is 0 Å². The molecule has 88 valence electrons. The molecule has 0 rings (SSSR count). The standard InChI is InChI=1S/C10H21N3O2/c1-7(2)6-13(8(3)4)10(14)5-9(11)12-15/h7-8,15H,5-6H2,1-4H3,(H2,11,12). The lowest BCUT2D eigenvalue weighted by molar-refractivity contribution is -0.132. The van der Waals surface area contributed by atoms with Gasteiger partial charge in [-0.1, -0.05) is 19.0 Å². The second-order valence-electron chi connectivity index (χ2n) is 4.30. The van der Waals surface area contributed by atoms with Crippen molar-refractivity contribution in [1.29, 1.82) is 0 Å². The van der Waals surface area contributed by atoms with Crippen molar-refractivity contribution in [2.75, 3.05) is 6.54 Å². The molecule has 0 aliphatic rings. The van der Waals surface area contributed by atoms with Gasteiger partial charge in [0.1, 0.15) is 5.84 Å². The van der Waals surface area contributed by atoms with Crippen LogP contribution in [0.25, 0.3) is 0 Å². The summed E-state index contributed by atoms with van der Waals surface area (Å²) in [5, 5.41) is 11.2. The number of amides is 1. The van der Waals surface area contributed by atoms with Crippen molar-refractivity contribution >= 4 is 11.7 Å². The molecule has 0 aromatic carbocycles. The second-order valence-corrected chi connectivity index (χ2v) is 4.30. The van der Waals surface area contributed by atoms with Gasteiger partial charge >= 0.3 is 0 Å². The molecule has 0 fully saturated rings. The summed E-state index contributed by atoms with van der Waals surface area (Å²) < 4.78 is 0. The van der Waals surface area contributed by atoms with Crippen LogP contribution in [0.5, 0.6) is 0 Å². The van der Waals surface area contributed by atoms with Gasteiger partial charge in [0.05, 0.1) is 6.42 Å². The molecule has 15 heavy (non-hydrogen) atoms. The summed E-state index contributed by atoms with van der Waals surface area (Å²) in [4.78, 5) is 13.5. The van der Waals surface area contributed by atoms with E-state index >= 15 is 0 Å². The highest BCUT2D eigenvalue weighted by Crippen LogP contribution is 2.06. The summed E-state index contributed by atoms with van der Waals surface area (Å²) in [5.74, 6) is 0.257. The lowest BCUT2D eigenvalue weighted by Crippen LogP contribution is -2.41. The second kappa shape index (κ2) is 6.27. The van der Waals surface area contributed by atoms with E-state index in [0.29, 0.717) is 12.5 Å². The highest BCUT2D eigenvalue weighted by Gasteiger charge is 2.18. The minimum atomic E-state index is -0.103. The summed E-state index contributed by atoms with van der Waals surface area (Å²) >= 11 is 0. The molecule has 0 heterocycles.